The molecule has 20 heavy (non-hydrogen) atoms. The second-order valence-electron chi connectivity index (χ2n) is 4.77. The normalized spacial score (nSPS) is 16.6. The minimum absolute atomic E-state index is 0.00293. The van der Waals surface area contributed by atoms with E-state index >= 15 is 0 Å². The van der Waals surface area contributed by atoms with Crippen LogP contribution in [-0.2, 0) is 4.79 Å². The van der Waals surface area contributed by atoms with Crippen molar-refractivity contribution in [2.45, 2.75) is 0 Å². The molecule has 0 unspecified atom stereocenters. The Bertz CT molecular complexity index is 506. The van der Waals surface area contributed by atoms with Crippen LogP contribution < -0.4 is 5.32 Å². The Morgan fingerprint density at radius 1 is 1.30 bits per heavy atom. The number of amides is 1. The molecule has 0 aliphatic carbocycles. The molecule has 0 aromatic heterocycles. The van der Waals surface area contributed by atoms with Gasteiger partial charge in [-0.15, -0.1) is 0 Å². The number of piperazine rings is 1. The van der Waals surface area contributed by atoms with Gasteiger partial charge in [-0.1, -0.05) is 22.0 Å². The molecule has 1 aromatic carbocycles. The molecule has 5 nitrogen and oxygen atoms in total. The van der Waals surface area contributed by atoms with Crippen molar-refractivity contribution in [1.82, 2.24) is 9.80 Å². The van der Waals surface area contributed by atoms with Crippen molar-refractivity contribution < 1.29 is 4.79 Å². The number of nitrogens with one attached hydrogen (secondary N) is 1. The highest BCUT2D eigenvalue weighted by molar-refractivity contribution is 9.10. The Balaban J connectivity index is 1.77. The van der Waals surface area contributed by atoms with Crippen molar-refractivity contribution in [2.75, 3.05) is 44.6 Å². The number of hydrogen-bond donors (Lipinski definition) is 1. The van der Waals surface area contributed by atoms with E-state index in [9.17, 15) is 4.79 Å². The van der Waals surface area contributed by atoms with Crippen LogP contribution in [0.1, 0.15) is 0 Å². The molecule has 1 N–H and O–H groups in total. The smallest absolute Gasteiger partial charge is 0.238 e. The summed E-state index contributed by atoms with van der Waals surface area (Å²) in [6.07, 6.45) is 0. The van der Waals surface area contributed by atoms with E-state index in [2.05, 4.69) is 37.1 Å². The first-order chi connectivity index (χ1) is 9.67. The van der Waals surface area contributed by atoms with Crippen molar-refractivity contribution in [3.05, 3.63) is 28.7 Å². The Kier molecular flexibility index (Phi) is 5.53. The number of carbonyl (C=O) groups is 1. The molecule has 1 fully saturated rings. The van der Waals surface area contributed by atoms with Crippen LogP contribution in [0.2, 0.25) is 0 Å². The molecule has 0 saturated carbocycles. The summed E-state index contributed by atoms with van der Waals surface area (Å²) in [5.74, 6) is -0.00293. The van der Waals surface area contributed by atoms with Crippen LogP contribution in [0.25, 0.3) is 0 Å². The minimum atomic E-state index is -0.00293. The molecule has 1 amide bonds. The van der Waals surface area contributed by atoms with E-state index < -0.39 is 0 Å². The van der Waals surface area contributed by atoms with Crippen molar-refractivity contribution in [2.24, 2.45) is 0 Å². The van der Waals surface area contributed by atoms with Crippen LogP contribution in [-0.4, -0.2) is 55.0 Å². The Morgan fingerprint density at radius 2 is 2.00 bits per heavy atom. The Hall–Kier alpha value is -1.42. The molecule has 0 bridgehead atoms. The zero-order chi connectivity index (χ0) is 14.4. The van der Waals surface area contributed by atoms with E-state index in [0.717, 1.165) is 36.3 Å². The lowest BCUT2D eigenvalue weighted by Crippen LogP contribution is -2.48. The molecular formula is C14H17BrN4O. The van der Waals surface area contributed by atoms with Gasteiger partial charge in [-0.3, -0.25) is 14.6 Å². The lowest BCUT2D eigenvalue weighted by atomic mass is 10.3. The van der Waals surface area contributed by atoms with Gasteiger partial charge in [0.15, 0.2) is 0 Å². The lowest BCUT2D eigenvalue weighted by molar-refractivity contribution is -0.117. The molecule has 2 rings (SSSR count). The predicted molar refractivity (Wildman–Crippen MR) is 81.3 cm³/mol. The predicted octanol–water partition coefficient (Wildman–Crippen LogP) is 1.53. The first kappa shape index (κ1) is 15.0. The monoisotopic (exact) mass is 336 g/mol. The van der Waals surface area contributed by atoms with Gasteiger partial charge in [-0.25, -0.2) is 0 Å². The van der Waals surface area contributed by atoms with Crippen LogP contribution in [0.4, 0.5) is 5.69 Å². The fourth-order valence-corrected chi connectivity index (χ4v) is 2.57. The van der Waals surface area contributed by atoms with Crippen LogP contribution in [0.15, 0.2) is 28.7 Å². The summed E-state index contributed by atoms with van der Waals surface area (Å²) in [6, 6.07) is 9.71. The lowest BCUT2D eigenvalue weighted by Gasteiger charge is -2.32. The van der Waals surface area contributed by atoms with Gasteiger partial charge < -0.3 is 5.32 Å². The number of nitrogens with zero attached hydrogens (tertiary/aromatic N) is 3. The Morgan fingerprint density at radius 3 is 2.65 bits per heavy atom. The third-order valence-corrected chi connectivity index (χ3v) is 3.73. The molecular weight excluding hydrogens is 320 g/mol. The fraction of sp³-hybridized carbons (Fsp3) is 0.429. The maximum Gasteiger partial charge on any atom is 0.238 e. The molecule has 6 heteroatoms. The third kappa shape index (κ3) is 4.60. The van der Waals surface area contributed by atoms with Crippen molar-refractivity contribution in [3.8, 4) is 6.07 Å². The van der Waals surface area contributed by atoms with Crippen molar-refractivity contribution in [3.63, 3.8) is 0 Å². The molecule has 1 heterocycles. The molecule has 0 atom stereocenters. The first-order valence-corrected chi connectivity index (χ1v) is 7.34. The third-order valence-electron chi connectivity index (χ3n) is 3.23. The van der Waals surface area contributed by atoms with Gasteiger partial charge in [0, 0.05) is 36.3 Å². The SMILES string of the molecule is N#CCN1CCN(CC(=O)Nc2cccc(Br)c2)CC1. The second-order valence-corrected chi connectivity index (χ2v) is 5.68. The van der Waals surface area contributed by atoms with E-state index in [1.807, 2.05) is 24.3 Å². The molecule has 1 aliphatic heterocycles. The molecule has 106 valence electrons. The number of halogens is 1. The van der Waals surface area contributed by atoms with Gasteiger partial charge in [0.05, 0.1) is 19.2 Å². The van der Waals surface area contributed by atoms with Crippen molar-refractivity contribution >= 4 is 27.5 Å². The number of hydrogen-bond acceptors (Lipinski definition) is 4. The molecule has 1 saturated heterocycles. The summed E-state index contributed by atoms with van der Waals surface area (Å²) in [4.78, 5) is 16.2. The first-order valence-electron chi connectivity index (χ1n) is 6.54. The van der Waals surface area contributed by atoms with E-state index in [1.54, 1.807) is 0 Å². The average molecular weight is 337 g/mol. The molecule has 1 aliphatic rings. The number of carbonyl (C=O) groups excluding carboxylic acids is 1. The summed E-state index contributed by atoms with van der Waals surface area (Å²) >= 11 is 3.38. The quantitative estimate of drug-likeness (QED) is 0.847. The van der Waals surface area contributed by atoms with Gasteiger partial charge in [-0.2, -0.15) is 5.26 Å². The average Bonchev–Trinajstić information content (AvgIpc) is 2.41. The maximum absolute atomic E-state index is 12.0. The summed E-state index contributed by atoms with van der Waals surface area (Å²) in [6.45, 7) is 4.21. The number of benzene rings is 1. The minimum Gasteiger partial charge on any atom is -0.325 e. The van der Waals surface area contributed by atoms with Crippen LogP contribution in [0.3, 0.4) is 0 Å². The highest BCUT2D eigenvalue weighted by Gasteiger charge is 2.18. The van der Waals surface area contributed by atoms with E-state index in [4.69, 9.17) is 5.26 Å². The highest BCUT2D eigenvalue weighted by Crippen LogP contribution is 2.15. The largest absolute Gasteiger partial charge is 0.325 e. The zero-order valence-corrected chi connectivity index (χ0v) is 12.8. The summed E-state index contributed by atoms with van der Waals surface area (Å²) in [5.41, 5.74) is 0.799. The van der Waals surface area contributed by atoms with Gasteiger partial charge >= 0.3 is 0 Å². The van der Waals surface area contributed by atoms with Crippen molar-refractivity contribution in [1.29, 1.82) is 5.26 Å². The van der Waals surface area contributed by atoms with Crippen LogP contribution >= 0.6 is 15.9 Å². The molecule has 0 radical (unpaired) electrons. The maximum atomic E-state index is 12.0. The van der Waals surface area contributed by atoms with Crippen LogP contribution in [0, 0.1) is 11.3 Å². The highest BCUT2D eigenvalue weighted by atomic mass is 79.9. The second kappa shape index (κ2) is 7.39. The molecule has 0 spiro atoms. The zero-order valence-electron chi connectivity index (χ0n) is 11.2. The fourth-order valence-electron chi connectivity index (χ4n) is 2.18. The Labute approximate surface area is 127 Å². The van der Waals surface area contributed by atoms with Gasteiger partial charge in [0.25, 0.3) is 0 Å². The van der Waals surface area contributed by atoms with E-state index in [1.165, 1.54) is 0 Å². The van der Waals surface area contributed by atoms with Gasteiger partial charge in [0.1, 0.15) is 0 Å². The van der Waals surface area contributed by atoms with Crippen LogP contribution in [0.5, 0.6) is 0 Å². The van der Waals surface area contributed by atoms with Gasteiger partial charge in [0.2, 0.25) is 5.91 Å². The summed E-state index contributed by atoms with van der Waals surface area (Å²) in [5, 5.41) is 11.5. The van der Waals surface area contributed by atoms with E-state index in [-0.39, 0.29) is 5.91 Å². The van der Waals surface area contributed by atoms with E-state index in [0.29, 0.717) is 13.1 Å². The molecule has 1 aromatic rings. The number of anilines is 1. The number of nitriles is 1. The number of rotatable bonds is 4. The van der Waals surface area contributed by atoms with Gasteiger partial charge in [-0.05, 0) is 18.2 Å². The topological polar surface area (TPSA) is 59.4 Å². The summed E-state index contributed by atoms with van der Waals surface area (Å²) in [7, 11) is 0. The summed E-state index contributed by atoms with van der Waals surface area (Å²) < 4.78 is 0.945. The standard InChI is InChI=1S/C14H17BrN4O/c15-12-2-1-3-13(10-12)17-14(20)11-19-8-6-18(5-4-16)7-9-19/h1-3,10H,5-9,11H2,(H,17,20).